The fourth-order valence-corrected chi connectivity index (χ4v) is 1.77. The second-order valence-electron chi connectivity index (χ2n) is 4.28. The van der Waals surface area contributed by atoms with Crippen LogP contribution in [-0.4, -0.2) is 17.9 Å². The summed E-state index contributed by atoms with van der Waals surface area (Å²) in [5, 5.41) is 12.8. The van der Waals surface area contributed by atoms with Crippen LogP contribution in [0.3, 0.4) is 0 Å². The van der Waals surface area contributed by atoms with Gasteiger partial charge in [-0.2, -0.15) is 0 Å². The molecule has 0 bridgehead atoms. The number of nitrogens with one attached hydrogen (secondary N) is 1. The fraction of sp³-hybridized carbons (Fsp3) is 0.118. The molecule has 3 nitrogen and oxygen atoms in total. The molecule has 0 aliphatic carbocycles. The van der Waals surface area contributed by atoms with Crippen molar-refractivity contribution < 1.29 is 5.11 Å². The van der Waals surface area contributed by atoms with E-state index in [1.165, 1.54) is 0 Å². The molecule has 102 valence electrons. The Balaban J connectivity index is 1.98. The lowest BCUT2D eigenvalue weighted by Crippen LogP contribution is -1.95. The Morgan fingerprint density at radius 2 is 1.85 bits per heavy atom. The van der Waals surface area contributed by atoms with Gasteiger partial charge in [-0.15, -0.1) is 0 Å². The first-order chi connectivity index (χ1) is 9.79. The van der Waals surface area contributed by atoms with Crippen molar-refractivity contribution in [2.45, 2.75) is 6.92 Å². The average Bonchev–Trinajstić information content (AvgIpc) is 2.47. The maximum atomic E-state index is 9.56. The zero-order valence-corrected chi connectivity index (χ0v) is 11.5. The van der Waals surface area contributed by atoms with Crippen LogP contribution < -0.4 is 5.32 Å². The third kappa shape index (κ3) is 3.99. The van der Waals surface area contributed by atoms with Crippen molar-refractivity contribution in [2.24, 2.45) is 4.99 Å². The van der Waals surface area contributed by atoms with E-state index in [0.29, 0.717) is 5.69 Å². The molecule has 20 heavy (non-hydrogen) atoms. The van der Waals surface area contributed by atoms with Gasteiger partial charge in [0.15, 0.2) is 0 Å². The van der Waals surface area contributed by atoms with Crippen molar-refractivity contribution in [1.82, 2.24) is 0 Å². The van der Waals surface area contributed by atoms with Crippen molar-refractivity contribution in [1.29, 1.82) is 0 Å². The molecule has 0 radical (unpaired) electrons. The molecule has 0 spiro atoms. The van der Waals surface area contributed by atoms with Crippen LogP contribution in [0, 0.1) is 0 Å². The molecule has 0 heterocycles. The van der Waals surface area contributed by atoms with E-state index >= 15 is 0 Å². The minimum absolute atomic E-state index is 0.187. The summed E-state index contributed by atoms with van der Waals surface area (Å²) < 4.78 is 0. The van der Waals surface area contributed by atoms with Crippen LogP contribution in [-0.2, 0) is 0 Å². The largest absolute Gasteiger partial charge is 0.506 e. The monoisotopic (exact) mass is 266 g/mol. The molecule has 0 aromatic heterocycles. The van der Waals surface area contributed by atoms with E-state index in [1.807, 2.05) is 42.5 Å². The topological polar surface area (TPSA) is 44.6 Å². The molecule has 2 N–H and O–H groups in total. The van der Waals surface area contributed by atoms with Crippen LogP contribution in [0.4, 0.5) is 11.4 Å². The number of rotatable bonds is 5. The van der Waals surface area contributed by atoms with Crippen LogP contribution in [0.2, 0.25) is 0 Å². The fourth-order valence-electron chi connectivity index (χ4n) is 1.77. The molecule has 0 saturated carbocycles. The zero-order chi connectivity index (χ0) is 14.2. The number of hydrogen-bond acceptors (Lipinski definition) is 3. The van der Waals surface area contributed by atoms with Crippen LogP contribution >= 0.6 is 0 Å². The standard InChI is InChI=1S/C17H18N2O/c1-2-18-15-11-9-14(10-12-15)6-5-13-19-16-7-3-4-8-17(16)20/h3-13,18,20H,2H2,1H3/b6-5+,19-13?. The summed E-state index contributed by atoms with van der Waals surface area (Å²) in [5.41, 5.74) is 2.79. The maximum absolute atomic E-state index is 9.56. The number of phenolic OH excluding ortho intramolecular Hbond substituents is 1. The highest BCUT2D eigenvalue weighted by Crippen LogP contribution is 2.24. The highest BCUT2D eigenvalue weighted by atomic mass is 16.3. The highest BCUT2D eigenvalue weighted by molar-refractivity contribution is 5.81. The van der Waals surface area contributed by atoms with Crippen LogP contribution in [0.5, 0.6) is 5.75 Å². The first-order valence-electron chi connectivity index (χ1n) is 6.62. The SMILES string of the molecule is CCNc1ccc(/C=C/C=Nc2ccccc2O)cc1. The Morgan fingerprint density at radius 1 is 1.10 bits per heavy atom. The number of allylic oxidation sites excluding steroid dienone is 1. The van der Waals surface area contributed by atoms with Crippen molar-refractivity contribution in [3.8, 4) is 5.75 Å². The van der Waals surface area contributed by atoms with Crippen molar-refractivity contribution in [3.05, 3.63) is 60.2 Å². The number of benzene rings is 2. The first kappa shape index (κ1) is 13.9. The summed E-state index contributed by atoms with van der Waals surface area (Å²) >= 11 is 0. The van der Waals surface area contributed by atoms with Gasteiger partial charge in [0, 0.05) is 18.4 Å². The summed E-state index contributed by atoms with van der Waals surface area (Å²) in [6, 6.07) is 15.2. The molecule has 2 aromatic rings. The lowest BCUT2D eigenvalue weighted by Gasteiger charge is -2.02. The predicted octanol–water partition coefficient (Wildman–Crippen LogP) is 4.24. The third-order valence-corrected chi connectivity index (χ3v) is 2.76. The maximum Gasteiger partial charge on any atom is 0.141 e. The predicted molar refractivity (Wildman–Crippen MR) is 85.9 cm³/mol. The van der Waals surface area contributed by atoms with E-state index in [2.05, 4.69) is 17.2 Å². The number of hydrogen-bond donors (Lipinski definition) is 2. The normalized spacial score (nSPS) is 11.2. The van der Waals surface area contributed by atoms with E-state index in [0.717, 1.165) is 17.8 Å². The Labute approximate surface area is 119 Å². The molecule has 0 fully saturated rings. The molecule has 3 heteroatoms. The number of phenols is 1. The van der Waals surface area contributed by atoms with Gasteiger partial charge in [0.05, 0.1) is 0 Å². The number of aromatic hydroxyl groups is 1. The second kappa shape index (κ2) is 7.14. The summed E-state index contributed by atoms with van der Waals surface area (Å²) in [5.74, 6) is 0.187. The lowest BCUT2D eigenvalue weighted by molar-refractivity contribution is 0.477. The third-order valence-electron chi connectivity index (χ3n) is 2.76. The van der Waals surface area contributed by atoms with Crippen LogP contribution in [0.25, 0.3) is 6.08 Å². The summed E-state index contributed by atoms with van der Waals surface area (Å²) in [6.07, 6.45) is 5.50. The first-order valence-corrected chi connectivity index (χ1v) is 6.62. The number of para-hydroxylation sites is 2. The molecular weight excluding hydrogens is 248 g/mol. The average molecular weight is 266 g/mol. The molecule has 0 amide bonds. The molecular formula is C17H18N2O. The van der Waals surface area contributed by atoms with Crippen LogP contribution in [0.15, 0.2) is 59.6 Å². The van der Waals surface area contributed by atoms with Crippen LogP contribution in [0.1, 0.15) is 12.5 Å². The minimum atomic E-state index is 0.187. The Morgan fingerprint density at radius 3 is 2.55 bits per heavy atom. The Bertz CT molecular complexity index is 601. The summed E-state index contributed by atoms with van der Waals surface area (Å²) in [4.78, 5) is 4.19. The van der Waals surface area contributed by atoms with Gasteiger partial charge in [0.2, 0.25) is 0 Å². The second-order valence-corrected chi connectivity index (χ2v) is 4.28. The minimum Gasteiger partial charge on any atom is -0.506 e. The van der Waals surface area contributed by atoms with Crippen molar-refractivity contribution in [2.75, 3.05) is 11.9 Å². The van der Waals surface area contributed by atoms with E-state index in [9.17, 15) is 5.11 Å². The molecule has 0 atom stereocenters. The summed E-state index contributed by atoms with van der Waals surface area (Å²) in [7, 11) is 0. The lowest BCUT2D eigenvalue weighted by atomic mass is 10.2. The molecule has 2 aromatic carbocycles. The Hall–Kier alpha value is -2.55. The van der Waals surface area contributed by atoms with Gasteiger partial charge in [0.1, 0.15) is 11.4 Å². The van der Waals surface area contributed by atoms with Crippen molar-refractivity contribution >= 4 is 23.7 Å². The highest BCUT2D eigenvalue weighted by Gasteiger charge is 1.93. The Kier molecular flexibility index (Phi) is 4.95. The van der Waals surface area contributed by atoms with Crippen molar-refractivity contribution in [3.63, 3.8) is 0 Å². The van der Waals surface area contributed by atoms with Gasteiger partial charge in [-0.3, -0.25) is 4.99 Å². The number of nitrogens with zero attached hydrogens (tertiary/aromatic N) is 1. The number of anilines is 1. The molecule has 0 saturated heterocycles. The van der Waals surface area contributed by atoms with E-state index in [-0.39, 0.29) is 5.75 Å². The quantitative estimate of drug-likeness (QED) is 0.795. The van der Waals surface area contributed by atoms with Gasteiger partial charge in [-0.25, -0.2) is 0 Å². The smallest absolute Gasteiger partial charge is 0.141 e. The van der Waals surface area contributed by atoms with Gasteiger partial charge < -0.3 is 10.4 Å². The molecule has 0 aliphatic heterocycles. The van der Waals surface area contributed by atoms with Gasteiger partial charge in [-0.05, 0) is 42.8 Å². The summed E-state index contributed by atoms with van der Waals surface area (Å²) in [6.45, 7) is 2.99. The molecule has 2 rings (SSSR count). The zero-order valence-electron chi connectivity index (χ0n) is 11.5. The van der Waals surface area contributed by atoms with E-state index < -0.39 is 0 Å². The van der Waals surface area contributed by atoms with Gasteiger partial charge in [-0.1, -0.05) is 30.3 Å². The number of aliphatic imine (C=N–C) groups is 1. The van der Waals surface area contributed by atoms with Gasteiger partial charge >= 0.3 is 0 Å². The van der Waals surface area contributed by atoms with E-state index in [1.54, 1.807) is 24.4 Å². The van der Waals surface area contributed by atoms with E-state index in [4.69, 9.17) is 0 Å². The molecule has 0 aliphatic rings. The molecule has 0 unspecified atom stereocenters. The van der Waals surface area contributed by atoms with Gasteiger partial charge in [0.25, 0.3) is 0 Å².